The van der Waals surface area contributed by atoms with E-state index in [2.05, 4.69) is 5.32 Å². The Hall–Kier alpha value is -1.22. The van der Waals surface area contributed by atoms with E-state index in [9.17, 15) is 0 Å². The number of likely N-dealkylation sites (N-methyl/N-ethyl adjacent to an activating group) is 1. The maximum absolute atomic E-state index is 7.02. The van der Waals surface area contributed by atoms with E-state index in [0.29, 0.717) is 24.5 Å². The van der Waals surface area contributed by atoms with E-state index in [1.807, 2.05) is 18.2 Å². The molecule has 0 amide bonds. The second-order valence-corrected chi connectivity index (χ2v) is 2.87. The second kappa shape index (κ2) is 5.50. The molecule has 0 aliphatic rings. The van der Waals surface area contributed by atoms with Crippen molar-refractivity contribution in [2.45, 2.75) is 6.42 Å². The Kier molecular flexibility index (Phi) is 2.80. The summed E-state index contributed by atoms with van der Waals surface area (Å²) in [6.45, 7) is -1.69. The molecule has 0 spiro atoms. The Labute approximate surface area is 89.2 Å². The van der Waals surface area contributed by atoms with E-state index >= 15 is 0 Å². The molecule has 0 aromatic heterocycles. The molecule has 0 unspecified atom stereocenters. The number of rotatable bonds is 5. The highest BCUT2D eigenvalue weighted by atomic mass is 16.5. The molecule has 0 atom stereocenters. The Morgan fingerprint density at radius 3 is 2.71 bits per heavy atom. The van der Waals surface area contributed by atoms with Gasteiger partial charge in [-0.3, -0.25) is 0 Å². The van der Waals surface area contributed by atoms with Crippen LogP contribution in [0.4, 0.5) is 0 Å². The molecule has 3 heteroatoms. The number of hydrogen-bond acceptors (Lipinski definition) is 3. The van der Waals surface area contributed by atoms with Crippen LogP contribution in [0.3, 0.4) is 0 Å². The van der Waals surface area contributed by atoms with Crippen LogP contribution in [0.2, 0.25) is 0 Å². The monoisotopic (exact) mass is 198 g/mol. The summed E-state index contributed by atoms with van der Waals surface area (Å²) in [5.41, 5.74) is 0.999. The van der Waals surface area contributed by atoms with Crippen LogP contribution < -0.4 is 14.8 Å². The molecule has 1 N–H and O–H groups in total. The van der Waals surface area contributed by atoms with Gasteiger partial charge in [0.05, 0.1) is 14.2 Å². The highest BCUT2D eigenvalue weighted by Gasteiger charge is 2.03. The van der Waals surface area contributed by atoms with Gasteiger partial charge in [0.15, 0.2) is 11.5 Å². The molecule has 0 saturated heterocycles. The van der Waals surface area contributed by atoms with Gasteiger partial charge in [-0.15, -0.1) is 0 Å². The van der Waals surface area contributed by atoms with Crippen molar-refractivity contribution in [1.29, 1.82) is 0 Å². The van der Waals surface area contributed by atoms with Gasteiger partial charge in [-0.25, -0.2) is 0 Å². The van der Waals surface area contributed by atoms with Gasteiger partial charge in [-0.05, 0) is 37.6 Å². The van der Waals surface area contributed by atoms with Crippen LogP contribution in [0, 0.1) is 0 Å². The van der Waals surface area contributed by atoms with Crippen molar-refractivity contribution in [1.82, 2.24) is 5.32 Å². The smallest absolute Gasteiger partial charge is 0.160 e. The number of ether oxygens (including phenoxy) is 2. The fraction of sp³-hybridized carbons (Fsp3) is 0.455. The third kappa shape index (κ3) is 2.64. The quantitative estimate of drug-likeness (QED) is 0.777. The Bertz CT molecular complexity index is 366. The molecule has 1 rings (SSSR count). The van der Waals surface area contributed by atoms with Gasteiger partial charge in [-0.2, -0.15) is 0 Å². The van der Waals surface area contributed by atoms with Crippen molar-refractivity contribution in [3.05, 3.63) is 23.8 Å². The zero-order valence-electron chi connectivity index (χ0n) is 11.5. The summed E-state index contributed by atoms with van der Waals surface area (Å²) in [6.07, 6.45) is 0.624. The first kappa shape index (κ1) is 7.12. The molecule has 0 aliphatic heterocycles. The number of methoxy groups -OCH3 is 2. The summed E-state index contributed by atoms with van der Waals surface area (Å²) in [5.74, 6) is 1.32. The second-order valence-electron chi connectivity index (χ2n) is 2.87. The number of hydrogen-bond donors (Lipinski definition) is 1. The lowest BCUT2D eigenvalue weighted by Gasteiger charge is -2.09. The lowest BCUT2D eigenvalue weighted by molar-refractivity contribution is 0.354. The van der Waals surface area contributed by atoms with E-state index in [1.165, 1.54) is 0 Å². The largest absolute Gasteiger partial charge is 0.493 e. The highest BCUT2D eigenvalue weighted by Crippen LogP contribution is 2.27. The first-order valence-electron chi connectivity index (χ1n) is 5.92. The van der Waals surface area contributed by atoms with Gasteiger partial charge in [0.1, 0.15) is 0 Å². The van der Waals surface area contributed by atoms with Crippen molar-refractivity contribution in [2.75, 3.05) is 27.7 Å². The van der Waals surface area contributed by atoms with Gasteiger partial charge in [-0.1, -0.05) is 6.07 Å². The van der Waals surface area contributed by atoms with Gasteiger partial charge < -0.3 is 14.8 Å². The summed E-state index contributed by atoms with van der Waals surface area (Å²) >= 11 is 0. The number of benzene rings is 1. The van der Waals surface area contributed by atoms with Crippen LogP contribution in [-0.2, 0) is 6.42 Å². The molecule has 0 bridgehead atoms. The molecule has 1 aromatic rings. The fourth-order valence-electron chi connectivity index (χ4n) is 1.24. The molecule has 0 fully saturated rings. The summed E-state index contributed by atoms with van der Waals surface area (Å²) in [7, 11) is 3.15. The van der Waals surface area contributed by atoms with E-state index in [-0.39, 0.29) is 0 Å². The summed E-state index contributed by atoms with van der Waals surface area (Å²) in [4.78, 5) is 0. The maximum atomic E-state index is 7.02. The van der Waals surface area contributed by atoms with Gasteiger partial charge in [0.25, 0.3) is 0 Å². The van der Waals surface area contributed by atoms with Gasteiger partial charge >= 0.3 is 0 Å². The average Bonchev–Trinajstić information content (AvgIpc) is 2.27. The first-order chi connectivity index (χ1) is 7.96. The molecular formula is C11H17NO2. The molecule has 14 heavy (non-hydrogen) atoms. The standard InChI is InChI=1S/C11H17NO2/c1-12-7-6-9-4-5-10(13-2)11(8-9)14-3/h4-5,8,12H,6-7H2,1-3H3/i1D3. The Balaban J connectivity index is 2.60. The third-order valence-corrected chi connectivity index (χ3v) is 1.99. The first-order valence-corrected chi connectivity index (χ1v) is 4.42. The van der Waals surface area contributed by atoms with Crippen molar-refractivity contribution in [3.63, 3.8) is 0 Å². The van der Waals surface area contributed by atoms with Crippen LogP contribution in [0.25, 0.3) is 0 Å². The van der Waals surface area contributed by atoms with Crippen LogP contribution in [-0.4, -0.2) is 27.7 Å². The van der Waals surface area contributed by atoms with Crippen LogP contribution in [0.5, 0.6) is 11.5 Å². The van der Waals surface area contributed by atoms with Crippen molar-refractivity contribution in [2.24, 2.45) is 0 Å². The van der Waals surface area contributed by atoms with E-state index in [0.717, 1.165) is 5.56 Å². The summed E-state index contributed by atoms with van der Waals surface area (Å²) in [6, 6.07) is 5.55. The van der Waals surface area contributed by atoms with Gasteiger partial charge in [0, 0.05) is 4.11 Å². The van der Waals surface area contributed by atoms with Gasteiger partial charge in [0.2, 0.25) is 0 Å². The minimum absolute atomic E-state index is 0.395. The molecule has 0 saturated carbocycles. The average molecular weight is 198 g/mol. The molecule has 0 radical (unpaired) electrons. The van der Waals surface area contributed by atoms with Crippen molar-refractivity contribution in [3.8, 4) is 11.5 Å². The molecule has 0 heterocycles. The SMILES string of the molecule is [2H]C([2H])([2H])NCCc1ccc(OC)c(OC)c1. The van der Waals surface area contributed by atoms with Crippen LogP contribution in [0.15, 0.2) is 18.2 Å². The third-order valence-electron chi connectivity index (χ3n) is 1.99. The zero-order chi connectivity index (χ0) is 12.9. The zero-order valence-corrected chi connectivity index (χ0v) is 8.46. The molecule has 3 nitrogen and oxygen atoms in total. The predicted octanol–water partition coefficient (Wildman–Crippen LogP) is 1.47. The van der Waals surface area contributed by atoms with E-state index < -0.39 is 6.98 Å². The Morgan fingerprint density at radius 1 is 1.29 bits per heavy atom. The molecule has 1 aromatic carbocycles. The minimum Gasteiger partial charge on any atom is -0.493 e. The fourth-order valence-corrected chi connectivity index (χ4v) is 1.24. The number of nitrogens with one attached hydrogen (secondary N) is 1. The maximum Gasteiger partial charge on any atom is 0.160 e. The summed E-state index contributed by atoms with van der Waals surface area (Å²) in [5, 5.41) is 2.46. The normalized spacial score (nSPS) is 14.0. The summed E-state index contributed by atoms with van der Waals surface area (Å²) < 4.78 is 31.3. The minimum atomic E-state index is -2.09. The highest BCUT2D eigenvalue weighted by molar-refractivity contribution is 5.42. The molecule has 0 aliphatic carbocycles. The Morgan fingerprint density at radius 2 is 2.07 bits per heavy atom. The van der Waals surface area contributed by atoms with Crippen LogP contribution >= 0.6 is 0 Å². The van der Waals surface area contributed by atoms with E-state index in [1.54, 1.807) is 14.2 Å². The predicted molar refractivity (Wildman–Crippen MR) is 57.2 cm³/mol. The van der Waals surface area contributed by atoms with Crippen LogP contribution in [0.1, 0.15) is 9.68 Å². The lowest BCUT2D eigenvalue weighted by Crippen LogP contribution is -2.10. The molecular weight excluding hydrogens is 178 g/mol. The van der Waals surface area contributed by atoms with E-state index in [4.69, 9.17) is 13.6 Å². The van der Waals surface area contributed by atoms with Crippen molar-refractivity contribution < 1.29 is 13.6 Å². The lowest BCUT2D eigenvalue weighted by atomic mass is 10.1. The van der Waals surface area contributed by atoms with Crippen molar-refractivity contribution >= 4 is 0 Å². The topological polar surface area (TPSA) is 30.5 Å². The molecule has 78 valence electrons.